The molecule has 0 aromatic carbocycles. The van der Waals surface area contributed by atoms with Crippen molar-refractivity contribution in [1.29, 1.82) is 0 Å². The molecule has 0 bridgehead atoms. The summed E-state index contributed by atoms with van der Waals surface area (Å²) in [6.45, 7) is 6.21. The summed E-state index contributed by atoms with van der Waals surface area (Å²) in [7, 11) is 4.15. The van der Waals surface area contributed by atoms with E-state index in [0.29, 0.717) is 0 Å². The fourth-order valence-electron chi connectivity index (χ4n) is 3.37. The van der Waals surface area contributed by atoms with Crippen molar-refractivity contribution in [3.8, 4) is 0 Å². The average molecular weight is 356 g/mol. The molecule has 132 valence electrons. The summed E-state index contributed by atoms with van der Waals surface area (Å²) in [6.07, 6.45) is 4.17. The Morgan fingerprint density at radius 2 is 2.04 bits per heavy atom. The molecule has 3 aromatic heterocycles. The third-order valence-corrected chi connectivity index (χ3v) is 5.77. The van der Waals surface area contributed by atoms with Crippen LogP contribution in [0.3, 0.4) is 0 Å². The lowest BCUT2D eigenvalue weighted by molar-refractivity contribution is 0.425. The van der Waals surface area contributed by atoms with Gasteiger partial charge in [-0.3, -0.25) is 0 Å². The van der Waals surface area contributed by atoms with E-state index in [1.165, 1.54) is 23.8 Å². The van der Waals surface area contributed by atoms with Gasteiger partial charge in [0.25, 0.3) is 0 Å². The largest absolute Gasteiger partial charge is 0.367 e. The van der Waals surface area contributed by atoms with Crippen LogP contribution in [0, 0.1) is 6.92 Å². The van der Waals surface area contributed by atoms with Crippen LogP contribution in [-0.2, 0) is 0 Å². The van der Waals surface area contributed by atoms with E-state index in [0.717, 1.165) is 52.9 Å². The Labute approximate surface area is 151 Å². The molecule has 4 heterocycles. The number of aromatic nitrogens is 3. The van der Waals surface area contributed by atoms with Crippen molar-refractivity contribution in [3.63, 3.8) is 0 Å². The van der Waals surface area contributed by atoms with Crippen molar-refractivity contribution in [1.82, 2.24) is 19.9 Å². The molecule has 4 rings (SSSR count). The molecular formula is C18H24N6S. The summed E-state index contributed by atoms with van der Waals surface area (Å²) >= 11 is 1.70. The zero-order chi connectivity index (χ0) is 17.4. The Bertz CT molecular complexity index is 897. The molecule has 0 saturated carbocycles. The van der Waals surface area contributed by atoms with Gasteiger partial charge in [-0.1, -0.05) is 0 Å². The van der Waals surface area contributed by atoms with Gasteiger partial charge >= 0.3 is 0 Å². The molecule has 0 unspecified atom stereocenters. The van der Waals surface area contributed by atoms with E-state index < -0.39 is 0 Å². The molecule has 0 spiro atoms. The van der Waals surface area contributed by atoms with Gasteiger partial charge in [0.2, 0.25) is 0 Å². The smallest absolute Gasteiger partial charge is 0.147 e. The van der Waals surface area contributed by atoms with Gasteiger partial charge in [0.1, 0.15) is 22.8 Å². The molecule has 25 heavy (non-hydrogen) atoms. The van der Waals surface area contributed by atoms with Crippen molar-refractivity contribution < 1.29 is 0 Å². The predicted molar refractivity (Wildman–Crippen MR) is 106 cm³/mol. The lowest BCUT2D eigenvalue weighted by atomic mass is 10.2. The second-order valence-corrected chi connectivity index (χ2v) is 7.90. The number of thiophene rings is 1. The molecule has 1 saturated heterocycles. The van der Waals surface area contributed by atoms with Crippen LogP contribution in [-0.4, -0.2) is 60.1 Å². The number of hydrogen-bond acceptors (Lipinski definition) is 7. The molecule has 1 aliphatic rings. The Morgan fingerprint density at radius 3 is 2.80 bits per heavy atom. The minimum Gasteiger partial charge on any atom is -0.367 e. The number of nitrogens with zero attached hydrogens (tertiary/aromatic N) is 5. The number of nitrogens with one attached hydrogen (secondary N) is 1. The number of anilines is 2. The highest BCUT2D eigenvalue weighted by atomic mass is 32.1. The molecule has 0 aliphatic carbocycles. The molecular weight excluding hydrogens is 332 g/mol. The summed E-state index contributed by atoms with van der Waals surface area (Å²) in [5.41, 5.74) is 2.26. The van der Waals surface area contributed by atoms with E-state index in [1.807, 2.05) is 0 Å². The van der Waals surface area contributed by atoms with Crippen molar-refractivity contribution in [3.05, 3.63) is 18.0 Å². The first-order chi connectivity index (χ1) is 12.1. The highest BCUT2D eigenvalue weighted by Gasteiger charge is 2.19. The third kappa shape index (κ3) is 3.14. The van der Waals surface area contributed by atoms with Crippen LogP contribution in [0.15, 0.2) is 12.4 Å². The number of likely N-dealkylation sites (N-methyl/N-ethyl adjacent to an activating group) is 1. The Balaban J connectivity index is 1.76. The lowest BCUT2D eigenvalue weighted by Crippen LogP contribution is -2.21. The number of aryl methyl sites for hydroxylation is 1. The first-order valence-electron chi connectivity index (χ1n) is 8.82. The lowest BCUT2D eigenvalue weighted by Gasteiger charge is -2.16. The van der Waals surface area contributed by atoms with E-state index >= 15 is 0 Å². The first-order valence-corrected chi connectivity index (χ1v) is 9.63. The Morgan fingerprint density at radius 1 is 1.24 bits per heavy atom. The monoisotopic (exact) mass is 356 g/mol. The van der Waals surface area contributed by atoms with Gasteiger partial charge in [-0.2, -0.15) is 0 Å². The van der Waals surface area contributed by atoms with Gasteiger partial charge in [0, 0.05) is 31.6 Å². The van der Waals surface area contributed by atoms with E-state index in [1.54, 1.807) is 17.7 Å². The van der Waals surface area contributed by atoms with Gasteiger partial charge in [0.05, 0.1) is 10.2 Å². The van der Waals surface area contributed by atoms with Crippen LogP contribution in [0.5, 0.6) is 0 Å². The number of pyridine rings is 1. The Hall–Kier alpha value is -1.99. The molecule has 1 aliphatic heterocycles. The van der Waals surface area contributed by atoms with Crippen LogP contribution in [0.25, 0.3) is 20.4 Å². The van der Waals surface area contributed by atoms with E-state index in [-0.39, 0.29) is 0 Å². The van der Waals surface area contributed by atoms with Crippen molar-refractivity contribution in [2.45, 2.75) is 19.8 Å². The zero-order valence-corrected chi connectivity index (χ0v) is 15.9. The van der Waals surface area contributed by atoms with E-state index in [9.17, 15) is 0 Å². The number of hydrogen-bond donors (Lipinski definition) is 1. The second kappa shape index (κ2) is 6.72. The van der Waals surface area contributed by atoms with Crippen LogP contribution < -0.4 is 10.2 Å². The maximum Gasteiger partial charge on any atom is 0.147 e. The topological polar surface area (TPSA) is 57.2 Å². The van der Waals surface area contributed by atoms with Crippen molar-refractivity contribution >= 4 is 43.4 Å². The minimum atomic E-state index is 0.860. The number of rotatable bonds is 5. The van der Waals surface area contributed by atoms with Crippen molar-refractivity contribution in [2.75, 3.05) is 50.5 Å². The third-order valence-electron chi connectivity index (χ3n) is 4.69. The number of fused-ring (bicyclic) bond motifs is 3. The second-order valence-electron chi connectivity index (χ2n) is 6.90. The predicted octanol–water partition coefficient (Wildman–Crippen LogP) is 3.12. The molecule has 6 nitrogen and oxygen atoms in total. The summed E-state index contributed by atoms with van der Waals surface area (Å²) in [5, 5.41) is 4.62. The fourth-order valence-corrected chi connectivity index (χ4v) is 4.53. The summed E-state index contributed by atoms with van der Waals surface area (Å²) in [6, 6.07) is 2.21. The maximum atomic E-state index is 4.95. The molecule has 0 atom stereocenters. The zero-order valence-electron chi connectivity index (χ0n) is 15.0. The fraction of sp³-hybridized carbons (Fsp3) is 0.500. The van der Waals surface area contributed by atoms with Gasteiger partial charge in [-0.05, 0) is 45.5 Å². The SMILES string of the molecule is Cc1cc(N2CCCC2)nc2sc3c(NCCN(C)C)ncnc3c12. The van der Waals surface area contributed by atoms with Crippen LogP contribution in [0.1, 0.15) is 18.4 Å². The van der Waals surface area contributed by atoms with E-state index in [4.69, 9.17) is 4.98 Å². The summed E-state index contributed by atoms with van der Waals surface area (Å²) in [4.78, 5) is 19.6. The summed E-state index contributed by atoms with van der Waals surface area (Å²) in [5.74, 6) is 2.01. The van der Waals surface area contributed by atoms with Crippen LogP contribution in [0.2, 0.25) is 0 Å². The Kier molecular flexibility index (Phi) is 4.43. The van der Waals surface area contributed by atoms with E-state index in [2.05, 4.69) is 52.2 Å². The van der Waals surface area contributed by atoms with Crippen LogP contribution >= 0.6 is 11.3 Å². The normalized spacial score (nSPS) is 15.0. The highest BCUT2D eigenvalue weighted by Crippen LogP contribution is 2.38. The van der Waals surface area contributed by atoms with Crippen LogP contribution in [0.4, 0.5) is 11.6 Å². The first kappa shape index (κ1) is 16.5. The molecule has 0 amide bonds. The summed E-state index contributed by atoms with van der Waals surface area (Å²) < 4.78 is 1.10. The maximum absolute atomic E-state index is 4.95. The van der Waals surface area contributed by atoms with Gasteiger partial charge < -0.3 is 15.1 Å². The van der Waals surface area contributed by atoms with Gasteiger partial charge in [-0.25, -0.2) is 15.0 Å². The molecule has 7 heteroatoms. The molecule has 0 radical (unpaired) electrons. The molecule has 1 fully saturated rings. The molecule has 3 aromatic rings. The van der Waals surface area contributed by atoms with Gasteiger partial charge in [0.15, 0.2) is 0 Å². The minimum absolute atomic E-state index is 0.860. The van der Waals surface area contributed by atoms with Crippen molar-refractivity contribution in [2.24, 2.45) is 0 Å². The molecule has 1 N–H and O–H groups in total. The standard InChI is InChI=1S/C18H24N6S/c1-12-10-13(24-7-4-5-8-24)22-18-14(12)15-16(25-18)17(21-11-20-15)19-6-9-23(2)3/h10-11H,4-9H2,1-3H3,(H,19,20,21). The quantitative estimate of drug-likeness (QED) is 0.758. The highest BCUT2D eigenvalue weighted by molar-refractivity contribution is 7.26. The van der Waals surface area contributed by atoms with Gasteiger partial charge in [-0.15, -0.1) is 11.3 Å². The average Bonchev–Trinajstić information content (AvgIpc) is 3.22.